The Labute approximate surface area is 144 Å². The standard InChI is InChI=1S/C18H19N3O2S/c1-11(12-6-8-24-10-12)18(22)19-13-4-5-14-15(9-13)21-17(20-14)16-3-2-7-23-16/h4-6,8-11,16H,2-3,7H2,1H3,(H,19,22)(H,20,21). The van der Waals surface area contributed by atoms with Crippen molar-refractivity contribution in [2.75, 3.05) is 11.9 Å². The third-order valence-electron chi connectivity index (χ3n) is 4.44. The van der Waals surface area contributed by atoms with Crippen molar-refractivity contribution < 1.29 is 9.53 Å². The molecule has 1 fully saturated rings. The molecule has 24 heavy (non-hydrogen) atoms. The average Bonchev–Trinajstić information content (AvgIpc) is 3.32. The van der Waals surface area contributed by atoms with Gasteiger partial charge in [0.25, 0.3) is 0 Å². The van der Waals surface area contributed by atoms with Crippen LogP contribution in [0.15, 0.2) is 35.0 Å². The molecule has 1 aromatic carbocycles. The maximum Gasteiger partial charge on any atom is 0.231 e. The topological polar surface area (TPSA) is 67.0 Å². The van der Waals surface area contributed by atoms with Gasteiger partial charge >= 0.3 is 0 Å². The molecule has 1 aliphatic rings. The molecule has 5 nitrogen and oxygen atoms in total. The van der Waals surface area contributed by atoms with Gasteiger partial charge in [0.2, 0.25) is 5.91 Å². The zero-order valence-corrected chi connectivity index (χ0v) is 14.2. The number of benzene rings is 1. The molecule has 4 rings (SSSR count). The summed E-state index contributed by atoms with van der Waals surface area (Å²) in [5.74, 6) is 0.695. The second-order valence-corrected chi connectivity index (χ2v) is 6.90. The first-order valence-corrected chi connectivity index (χ1v) is 9.09. The molecule has 2 unspecified atom stereocenters. The Morgan fingerprint density at radius 3 is 3.12 bits per heavy atom. The summed E-state index contributed by atoms with van der Waals surface area (Å²) < 4.78 is 5.67. The molecule has 2 aromatic heterocycles. The van der Waals surface area contributed by atoms with E-state index < -0.39 is 0 Å². The normalized spacial score (nSPS) is 18.8. The lowest BCUT2D eigenvalue weighted by molar-refractivity contribution is -0.117. The van der Waals surface area contributed by atoms with E-state index in [0.29, 0.717) is 0 Å². The highest BCUT2D eigenvalue weighted by atomic mass is 32.1. The van der Waals surface area contributed by atoms with Crippen LogP contribution < -0.4 is 5.32 Å². The van der Waals surface area contributed by atoms with Crippen LogP contribution in [0, 0.1) is 0 Å². The van der Waals surface area contributed by atoms with E-state index in [1.165, 1.54) is 0 Å². The van der Waals surface area contributed by atoms with Gasteiger partial charge < -0.3 is 15.0 Å². The third kappa shape index (κ3) is 2.95. The SMILES string of the molecule is CC(C(=O)Nc1ccc2nc(C3CCCO3)[nH]c2c1)c1ccsc1. The molecule has 0 spiro atoms. The quantitative estimate of drug-likeness (QED) is 0.747. The van der Waals surface area contributed by atoms with Crippen LogP contribution in [-0.2, 0) is 9.53 Å². The first-order valence-electron chi connectivity index (χ1n) is 8.15. The summed E-state index contributed by atoms with van der Waals surface area (Å²) in [6, 6.07) is 7.73. The van der Waals surface area contributed by atoms with Crippen molar-refractivity contribution in [3.05, 3.63) is 46.4 Å². The zero-order chi connectivity index (χ0) is 16.5. The predicted molar refractivity (Wildman–Crippen MR) is 95.4 cm³/mol. The maximum atomic E-state index is 12.4. The van der Waals surface area contributed by atoms with Crippen molar-refractivity contribution in [1.29, 1.82) is 0 Å². The number of hydrogen-bond acceptors (Lipinski definition) is 4. The molecule has 1 saturated heterocycles. The molecule has 0 radical (unpaired) electrons. The van der Waals surface area contributed by atoms with Crippen molar-refractivity contribution in [3.63, 3.8) is 0 Å². The fraction of sp³-hybridized carbons (Fsp3) is 0.333. The minimum Gasteiger partial charge on any atom is -0.370 e. The molecule has 3 aromatic rings. The highest BCUT2D eigenvalue weighted by Gasteiger charge is 2.21. The smallest absolute Gasteiger partial charge is 0.231 e. The number of H-pyrrole nitrogens is 1. The van der Waals surface area contributed by atoms with Gasteiger partial charge in [0.05, 0.1) is 17.0 Å². The molecule has 0 bridgehead atoms. The summed E-state index contributed by atoms with van der Waals surface area (Å²) >= 11 is 1.60. The van der Waals surface area contributed by atoms with E-state index in [1.807, 2.05) is 41.9 Å². The number of aromatic amines is 1. The number of carbonyl (C=O) groups is 1. The fourth-order valence-corrected chi connectivity index (χ4v) is 3.73. The lowest BCUT2D eigenvalue weighted by atomic mass is 10.0. The monoisotopic (exact) mass is 341 g/mol. The minimum absolute atomic E-state index is 0.00776. The molecule has 124 valence electrons. The van der Waals surface area contributed by atoms with Crippen LogP contribution in [-0.4, -0.2) is 22.5 Å². The lowest BCUT2D eigenvalue weighted by Gasteiger charge is -2.10. The highest BCUT2D eigenvalue weighted by Crippen LogP contribution is 2.29. The molecule has 0 saturated carbocycles. The number of ether oxygens (including phenoxy) is 1. The number of thiophene rings is 1. The van der Waals surface area contributed by atoms with E-state index in [1.54, 1.807) is 11.3 Å². The van der Waals surface area contributed by atoms with Crippen LogP contribution in [0.2, 0.25) is 0 Å². The highest BCUT2D eigenvalue weighted by molar-refractivity contribution is 7.08. The third-order valence-corrected chi connectivity index (χ3v) is 5.14. The number of aromatic nitrogens is 2. The maximum absolute atomic E-state index is 12.4. The van der Waals surface area contributed by atoms with Crippen LogP contribution in [0.5, 0.6) is 0 Å². The van der Waals surface area contributed by atoms with Crippen LogP contribution in [0.4, 0.5) is 5.69 Å². The minimum atomic E-state index is -0.170. The van der Waals surface area contributed by atoms with E-state index >= 15 is 0 Å². The van der Waals surface area contributed by atoms with Crippen molar-refractivity contribution in [2.24, 2.45) is 0 Å². The van der Waals surface area contributed by atoms with Crippen LogP contribution in [0.1, 0.15) is 43.2 Å². The molecule has 6 heteroatoms. The van der Waals surface area contributed by atoms with Gasteiger partial charge in [-0.15, -0.1) is 0 Å². The van der Waals surface area contributed by atoms with E-state index in [4.69, 9.17) is 4.74 Å². The summed E-state index contributed by atoms with van der Waals surface area (Å²) in [5.41, 5.74) is 3.63. The predicted octanol–water partition coefficient (Wildman–Crippen LogP) is 4.22. The molecular formula is C18H19N3O2S. The Morgan fingerprint density at radius 2 is 2.38 bits per heavy atom. The van der Waals surface area contributed by atoms with Gasteiger partial charge in [-0.1, -0.05) is 0 Å². The summed E-state index contributed by atoms with van der Waals surface area (Å²) in [7, 11) is 0. The average molecular weight is 341 g/mol. The van der Waals surface area contributed by atoms with Gasteiger partial charge in [-0.05, 0) is 60.4 Å². The Hall–Kier alpha value is -2.18. The van der Waals surface area contributed by atoms with E-state index in [2.05, 4.69) is 15.3 Å². The van der Waals surface area contributed by atoms with Gasteiger partial charge in [0, 0.05) is 12.3 Å². The Morgan fingerprint density at radius 1 is 1.46 bits per heavy atom. The van der Waals surface area contributed by atoms with Crippen LogP contribution >= 0.6 is 11.3 Å². The van der Waals surface area contributed by atoms with Gasteiger partial charge in [-0.2, -0.15) is 11.3 Å². The number of carbonyl (C=O) groups excluding carboxylic acids is 1. The van der Waals surface area contributed by atoms with Crippen LogP contribution in [0.3, 0.4) is 0 Å². The number of fused-ring (bicyclic) bond motifs is 1. The number of nitrogens with zero attached hydrogens (tertiary/aromatic N) is 1. The molecule has 0 aliphatic carbocycles. The van der Waals surface area contributed by atoms with E-state index in [-0.39, 0.29) is 17.9 Å². The number of nitrogens with one attached hydrogen (secondary N) is 2. The van der Waals surface area contributed by atoms with Gasteiger partial charge in [0.1, 0.15) is 11.9 Å². The Bertz CT molecular complexity index is 850. The summed E-state index contributed by atoms with van der Waals surface area (Å²) in [6.07, 6.45) is 2.14. The van der Waals surface area contributed by atoms with E-state index in [0.717, 1.165) is 47.6 Å². The first kappa shape index (κ1) is 15.4. The van der Waals surface area contributed by atoms with E-state index in [9.17, 15) is 4.79 Å². The molecule has 2 N–H and O–H groups in total. The summed E-state index contributed by atoms with van der Waals surface area (Å²) in [5, 5.41) is 6.99. The van der Waals surface area contributed by atoms with Gasteiger partial charge in [-0.3, -0.25) is 4.79 Å². The van der Waals surface area contributed by atoms with Gasteiger partial charge in [-0.25, -0.2) is 4.98 Å². The summed E-state index contributed by atoms with van der Waals surface area (Å²) in [4.78, 5) is 20.3. The number of anilines is 1. The Kier molecular flexibility index (Phi) is 4.08. The summed E-state index contributed by atoms with van der Waals surface area (Å²) in [6.45, 7) is 2.71. The number of amides is 1. The molecule has 3 heterocycles. The zero-order valence-electron chi connectivity index (χ0n) is 13.4. The lowest BCUT2D eigenvalue weighted by Crippen LogP contribution is -2.18. The van der Waals surface area contributed by atoms with Crippen molar-refractivity contribution in [3.8, 4) is 0 Å². The first-order chi connectivity index (χ1) is 11.7. The number of rotatable bonds is 4. The fourth-order valence-electron chi connectivity index (χ4n) is 2.98. The van der Waals surface area contributed by atoms with Crippen molar-refractivity contribution >= 4 is 34.0 Å². The molecule has 2 atom stereocenters. The largest absolute Gasteiger partial charge is 0.370 e. The molecule has 1 aliphatic heterocycles. The molecule has 1 amide bonds. The van der Waals surface area contributed by atoms with Crippen LogP contribution in [0.25, 0.3) is 11.0 Å². The number of hydrogen-bond donors (Lipinski definition) is 2. The van der Waals surface area contributed by atoms with Crippen molar-refractivity contribution in [2.45, 2.75) is 31.8 Å². The van der Waals surface area contributed by atoms with Crippen molar-refractivity contribution in [1.82, 2.24) is 9.97 Å². The second-order valence-electron chi connectivity index (χ2n) is 6.12. The Balaban J connectivity index is 1.53. The number of imidazole rings is 1. The molecular weight excluding hydrogens is 322 g/mol. The van der Waals surface area contributed by atoms with Gasteiger partial charge in [0.15, 0.2) is 0 Å². The second kappa shape index (κ2) is 6.37.